The Labute approximate surface area is 120 Å². The summed E-state index contributed by atoms with van der Waals surface area (Å²) in [6.45, 7) is 1.86. The number of carbonyl (C=O) groups is 1. The maximum absolute atomic E-state index is 12.1. The summed E-state index contributed by atoms with van der Waals surface area (Å²) in [7, 11) is 1.52. The minimum Gasteiger partial charge on any atom is -0.444 e. The van der Waals surface area contributed by atoms with E-state index in [0.717, 1.165) is 0 Å². The van der Waals surface area contributed by atoms with Crippen molar-refractivity contribution in [1.29, 1.82) is 0 Å². The summed E-state index contributed by atoms with van der Waals surface area (Å²) in [5, 5.41) is 16.2. The molecule has 2 aromatic rings. The Balaban J connectivity index is 2.19. The van der Waals surface area contributed by atoms with Crippen molar-refractivity contribution in [3.05, 3.63) is 51.7 Å². The van der Waals surface area contributed by atoms with Crippen LogP contribution >= 0.6 is 0 Å². The predicted molar refractivity (Wildman–Crippen MR) is 75.1 cm³/mol. The van der Waals surface area contributed by atoms with Gasteiger partial charge in [-0.15, -0.1) is 0 Å². The van der Waals surface area contributed by atoms with Crippen LogP contribution < -0.4 is 10.6 Å². The zero-order chi connectivity index (χ0) is 15.4. The molecule has 0 saturated heterocycles. The van der Waals surface area contributed by atoms with E-state index in [1.165, 1.54) is 25.2 Å². The quantitative estimate of drug-likeness (QED) is 0.642. The van der Waals surface area contributed by atoms with Crippen LogP contribution in [0.25, 0.3) is 0 Å². The fraction of sp³-hybridized carbons (Fsp3) is 0.231. The monoisotopic (exact) mass is 290 g/mol. The molecule has 8 nitrogen and oxygen atoms in total. The minimum absolute atomic E-state index is 0.110. The second-order valence-corrected chi connectivity index (χ2v) is 4.25. The topological polar surface area (TPSA) is 110 Å². The van der Waals surface area contributed by atoms with Crippen molar-refractivity contribution in [3.63, 3.8) is 0 Å². The molecule has 0 saturated carbocycles. The van der Waals surface area contributed by atoms with E-state index >= 15 is 0 Å². The summed E-state index contributed by atoms with van der Waals surface area (Å²) in [5.74, 6) is 0.571. The highest BCUT2D eigenvalue weighted by atomic mass is 16.6. The van der Waals surface area contributed by atoms with Gasteiger partial charge in [0.2, 0.25) is 5.89 Å². The first-order valence-electron chi connectivity index (χ1n) is 6.17. The zero-order valence-corrected chi connectivity index (χ0v) is 11.5. The number of amides is 1. The molecule has 0 bridgehead atoms. The Morgan fingerprint density at radius 1 is 1.48 bits per heavy atom. The third kappa shape index (κ3) is 3.16. The van der Waals surface area contributed by atoms with Gasteiger partial charge in [-0.3, -0.25) is 14.9 Å². The maximum atomic E-state index is 12.1. The van der Waals surface area contributed by atoms with Crippen LogP contribution in [0.3, 0.4) is 0 Å². The molecule has 1 heterocycles. The van der Waals surface area contributed by atoms with Crippen LogP contribution in [-0.4, -0.2) is 22.9 Å². The van der Waals surface area contributed by atoms with Gasteiger partial charge in [0.1, 0.15) is 11.4 Å². The van der Waals surface area contributed by atoms with Crippen molar-refractivity contribution < 1.29 is 14.1 Å². The van der Waals surface area contributed by atoms with Crippen LogP contribution in [0.1, 0.15) is 22.0 Å². The van der Waals surface area contributed by atoms with Gasteiger partial charge in [-0.05, 0) is 13.0 Å². The second-order valence-electron chi connectivity index (χ2n) is 4.25. The Bertz CT molecular complexity index is 681. The number of carbonyl (C=O) groups excluding carboxylic acids is 1. The molecular weight excluding hydrogens is 276 g/mol. The molecule has 21 heavy (non-hydrogen) atoms. The van der Waals surface area contributed by atoms with Gasteiger partial charge in [-0.2, -0.15) is 0 Å². The van der Waals surface area contributed by atoms with Crippen molar-refractivity contribution in [2.24, 2.45) is 0 Å². The molecule has 0 spiro atoms. The smallest absolute Gasteiger partial charge is 0.293 e. The van der Waals surface area contributed by atoms with Crippen LogP contribution in [0.2, 0.25) is 0 Å². The number of nitrogens with zero attached hydrogens (tertiary/aromatic N) is 2. The van der Waals surface area contributed by atoms with Gasteiger partial charge in [-0.1, -0.05) is 6.07 Å². The van der Waals surface area contributed by atoms with E-state index in [2.05, 4.69) is 15.6 Å². The van der Waals surface area contributed by atoms with Crippen LogP contribution in [0.4, 0.5) is 11.4 Å². The molecule has 0 aliphatic heterocycles. The molecule has 8 heteroatoms. The summed E-state index contributed by atoms with van der Waals surface area (Å²) >= 11 is 0. The molecule has 0 aliphatic rings. The van der Waals surface area contributed by atoms with Gasteiger partial charge in [0.25, 0.3) is 11.6 Å². The Morgan fingerprint density at radius 2 is 2.24 bits per heavy atom. The third-order valence-corrected chi connectivity index (χ3v) is 2.80. The molecule has 0 aliphatic carbocycles. The zero-order valence-electron chi connectivity index (χ0n) is 11.5. The number of nitro benzene ring substituents is 1. The molecule has 0 atom stereocenters. The summed E-state index contributed by atoms with van der Waals surface area (Å²) in [5.41, 5.74) is 0.204. The highest BCUT2D eigenvalue weighted by Gasteiger charge is 2.20. The lowest BCUT2D eigenvalue weighted by Gasteiger charge is -2.09. The first-order chi connectivity index (χ1) is 10.0. The molecule has 0 radical (unpaired) electrons. The molecule has 1 aromatic heterocycles. The lowest BCUT2D eigenvalue weighted by molar-refractivity contribution is -0.384. The SMILES string of the molecule is CNc1c(C(=O)NCc2ncc(C)o2)cccc1[N+](=O)[O-]. The van der Waals surface area contributed by atoms with Gasteiger partial charge < -0.3 is 15.1 Å². The molecule has 0 unspecified atom stereocenters. The van der Waals surface area contributed by atoms with Gasteiger partial charge in [-0.25, -0.2) is 4.98 Å². The van der Waals surface area contributed by atoms with Gasteiger partial charge >= 0.3 is 0 Å². The third-order valence-electron chi connectivity index (χ3n) is 2.80. The van der Waals surface area contributed by atoms with Crippen molar-refractivity contribution >= 4 is 17.3 Å². The number of oxazole rings is 1. The molecule has 0 fully saturated rings. The van der Waals surface area contributed by atoms with Crippen molar-refractivity contribution in [2.45, 2.75) is 13.5 Å². The highest BCUT2D eigenvalue weighted by molar-refractivity contribution is 6.01. The molecule has 1 aromatic carbocycles. The number of aromatic nitrogens is 1. The number of aryl methyl sites for hydroxylation is 1. The minimum atomic E-state index is -0.542. The van der Waals surface area contributed by atoms with E-state index in [1.54, 1.807) is 13.1 Å². The Kier molecular flexibility index (Phi) is 4.17. The number of nitro groups is 1. The first-order valence-corrected chi connectivity index (χ1v) is 6.17. The number of hydrogen-bond acceptors (Lipinski definition) is 6. The van der Waals surface area contributed by atoms with Crippen LogP contribution in [0, 0.1) is 17.0 Å². The average molecular weight is 290 g/mol. The van der Waals surface area contributed by atoms with E-state index in [9.17, 15) is 14.9 Å². The van der Waals surface area contributed by atoms with E-state index in [4.69, 9.17) is 4.42 Å². The van der Waals surface area contributed by atoms with E-state index in [-0.39, 0.29) is 23.5 Å². The Hall–Kier alpha value is -2.90. The van der Waals surface area contributed by atoms with E-state index in [1.807, 2.05) is 0 Å². The summed E-state index contributed by atoms with van der Waals surface area (Å²) < 4.78 is 5.24. The lowest BCUT2D eigenvalue weighted by atomic mass is 10.1. The fourth-order valence-corrected chi connectivity index (χ4v) is 1.88. The normalized spacial score (nSPS) is 10.2. The number of para-hydroxylation sites is 1. The Morgan fingerprint density at radius 3 is 2.81 bits per heavy atom. The lowest BCUT2D eigenvalue weighted by Crippen LogP contribution is -2.24. The molecule has 110 valence electrons. The molecule has 1 amide bonds. The van der Waals surface area contributed by atoms with Gasteiger partial charge in [0.15, 0.2) is 0 Å². The molecule has 2 N–H and O–H groups in total. The van der Waals surface area contributed by atoms with Crippen LogP contribution in [-0.2, 0) is 6.54 Å². The summed E-state index contributed by atoms with van der Waals surface area (Å²) in [6.07, 6.45) is 1.55. The molecule has 2 rings (SSSR count). The van der Waals surface area contributed by atoms with E-state index in [0.29, 0.717) is 11.7 Å². The number of nitrogens with one attached hydrogen (secondary N) is 2. The van der Waals surface area contributed by atoms with E-state index < -0.39 is 10.8 Å². The van der Waals surface area contributed by atoms with Crippen molar-refractivity contribution in [1.82, 2.24) is 10.3 Å². The second kappa shape index (κ2) is 6.04. The number of anilines is 1. The number of benzene rings is 1. The van der Waals surface area contributed by atoms with Crippen molar-refractivity contribution in [2.75, 3.05) is 12.4 Å². The number of hydrogen-bond donors (Lipinski definition) is 2. The van der Waals surface area contributed by atoms with Crippen LogP contribution in [0.15, 0.2) is 28.8 Å². The number of rotatable bonds is 5. The van der Waals surface area contributed by atoms with Gasteiger partial charge in [0, 0.05) is 13.1 Å². The summed E-state index contributed by atoms with van der Waals surface area (Å²) in [6, 6.07) is 4.30. The van der Waals surface area contributed by atoms with Crippen molar-refractivity contribution in [3.8, 4) is 0 Å². The standard InChI is InChI=1S/C13H14N4O4/c1-8-6-15-11(21-8)7-16-13(18)9-4-3-5-10(17(19)20)12(9)14-2/h3-6,14H,7H2,1-2H3,(H,16,18). The maximum Gasteiger partial charge on any atom is 0.293 e. The van der Waals surface area contributed by atoms with Gasteiger partial charge in [0.05, 0.1) is 23.2 Å². The predicted octanol–water partition coefficient (Wildman–Crippen LogP) is 1.86. The summed E-state index contributed by atoms with van der Waals surface area (Å²) in [4.78, 5) is 26.5. The highest BCUT2D eigenvalue weighted by Crippen LogP contribution is 2.27. The largest absolute Gasteiger partial charge is 0.444 e. The first kappa shape index (κ1) is 14.5. The van der Waals surface area contributed by atoms with Crippen LogP contribution in [0.5, 0.6) is 0 Å². The molecular formula is C13H14N4O4. The average Bonchev–Trinajstić information content (AvgIpc) is 2.89. The fourth-order valence-electron chi connectivity index (χ4n) is 1.88.